The Hall–Kier alpha value is -1.31. The summed E-state index contributed by atoms with van der Waals surface area (Å²) in [5.41, 5.74) is 0.713. The van der Waals surface area contributed by atoms with Crippen LogP contribution >= 0.6 is 23.2 Å². The molecule has 9 heteroatoms. The molecule has 0 aliphatic carbocycles. The lowest BCUT2D eigenvalue weighted by atomic mass is 10.2. The number of halogens is 2. The van der Waals surface area contributed by atoms with E-state index < -0.39 is 9.84 Å². The molecule has 0 saturated carbocycles. The Bertz CT molecular complexity index is 845. The second-order valence-electron chi connectivity index (χ2n) is 4.90. The van der Waals surface area contributed by atoms with Crippen LogP contribution in [0.1, 0.15) is 6.42 Å². The van der Waals surface area contributed by atoms with Gasteiger partial charge in [-0.05, 0) is 18.6 Å². The van der Waals surface area contributed by atoms with Gasteiger partial charge >= 0.3 is 0 Å². The predicted molar refractivity (Wildman–Crippen MR) is 81.6 cm³/mol. The first-order valence-corrected chi connectivity index (χ1v) is 8.74. The molecule has 1 aromatic carbocycles. The summed E-state index contributed by atoms with van der Waals surface area (Å²) in [4.78, 5) is 2.71. The largest absolute Gasteiger partial charge is 0.493 e. The number of fused-ring (bicyclic) bond motifs is 1. The third-order valence-electron chi connectivity index (χ3n) is 3.31. The smallest absolute Gasteiger partial charge is 0.218 e. The minimum absolute atomic E-state index is 0.0128. The van der Waals surface area contributed by atoms with E-state index in [9.17, 15) is 13.5 Å². The summed E-state index contributed by atoms with van der Waals surface area (Å²) in [5, 5.41) is 19.2. The van der Waals surface area contributed by atoms with Crippen LogP contribution in [0.3, 0.4) is 0 Å². The van der Waals surface area contributed by atoms with Crippen molar-refractivity contribution >= 4 is 49.6 Å². The summed E-state index contributed by atoms with van der Waals surface area (Å²) in [5.74, 6) is -0.0752. The van der Waals surface area contributed by atoms with Gasteiger partial charge in [0.15, 0.2) is 15.5 Å². The van der Waals surface area contributed by atoms with Crippen LogP contribution < -0.4 is 0 Å². The molecule has 2 N–H and O–H groups in total. The zero-order valence-electron chi connectivity index (χ0n) is 10.7. The van der Waals surface area contributed by atoms with E-state index >= 15 is 0 Å². The first kappa shape index (κ1) is 14.6. The Morgan fingerprint density at radius 3 is 2.76 bits per heavy atom. The van der Waals surface area contributed by atoms with Crippen molar-refractivity contribution in [3.05, 3.63) is 22.2 Å². The third-order valence-corrected chi connectivity index (χ3v) is 5.57. The van der Waals surface area contributed by atoms with E-state index in [1.54, 1.807) is 12.1 Å². The standard InChI is InChI=1S/C12H11Cl2N3O3S/c13-6-3-8-10(9(14)4-6)15-12(18)11(8)17-16-7-1-2-21(19,20)5-7/h3-4,7,15,18H,1-2,5H2. The molecule has 1 atom stereocenters. The summed E-state index contributed by atoms with van der Waals surface area (Å²) in [6.45, 7) is 0. The molecule has 6 nitrogen and oxygen atoms in total. The summed E-state index contributed by atoms with van der Waals surface area (Å²) < 4.78 is 22.8. The Morgan fingerprint density at radius 2 is 2.10 bits per heavy atom. The Morgan fingerprint density at radius 1 is 1.33 bits per heavy atom. The Labute approximate surface area is 130 Å². The lowest BCUT2D eigenvalue weighted by Crippen LogP contribution is -2.06. The molecule has 0 bridgehead atoms. The van der Waals surface area contributed by atoms with Gasteiger partial charge in [0.25, 0.3) is 0 Å². The van der Waals surface area contributed by atoms with Gasteiger partial charge in [-0.1, -0.05) is 23.2 Å². The van der Waals surface area contributed by atoms with Gasteiger partial charge in [0.1, 0.15) is 0 Å². The van der Waals surface area contributed by atoms with Crippen molar-refractivity contribution in [2.24, 2.45) is 10.2 Å². The van der Waals surface area contributed by atoms with Gasteiger partial charge in [-0.3, -0.25) is 0 Å². The summed E-state index contributed by atoms with van der Waals surface area (Å²) in [6, 6.07) is 2.78. The van der Waals surface area contributed by atoms with Crippen LogP contribution in [-0.4, -0.2) is 36.1 Å². The number of nitrogens with zero attached hydrogens (tertiary/aromatic N) is 2. The second-order valence-corrected chi connectivity index (χ2v) is 7.98. The molecular formula is C12H11Cl2N3O3S. The van der Waals surface area contributed by atoms with Crippen molar-refractivity contribution in [1.29, 1.82) is 0 Å². The molecule has 0 radical (unpaired) electrons. The molecule has 112 valence electrons. The number of azo groups is 1. The molecule has 2 aromatic rings. The molecule has 2 heterocycles. The van der Waals surface area contributed by atoms with Gasteiger partial charge in [-0.2, -0.15) is 5.11 Å². The average Bonchev–Trinajstić information content (AvgIpc) is 2.87. The maximum absolute atomic E-state index is 11.4. The van der Waals surface area contributed by atoms with Gasteiger partial charge in [0.2, 0.25) is 5.88 Å². The number of rotatable bonds is 2. The summed E-state index contributed by atoms with van der Waals surface area (Å²) in [7, 11) is -3.02. The van der Waals surface area contributed by atoms with E-state index in [4.69, 9.17) is 23.2 Å². The number of benzene rings is 1. The fourth-order valence-corrected chi connectivity index (χ4v) is 4.46. The lowest BCUT2D eigenvalue weighted by molar-refractivity contribution is 0.459. The summed E-state index contributed by atoms with van der Waals surface area (Å²) >= 11 is 12.0. The topological polar surface area (TPSA) is 94.9 Å². The van der Waals surface area contributed by atoms with E-state index in [1.807, 2.05) is 0 Å². The van der Waals surface area contributed by atoms with Gasteiger partial charge in [0.05, 0.1) is 28.1 Å². The first-order valence-electron chi connectivity index (χ1n) is 6.17. The van der Waals surface area contributed by atoms with Crippen LogP contribution in [0, 0.1) is 0 Å². The molecule has 21 heavy (non-hydrogen) atoms. The van der Waals surface area contributed by atoms with E-state index in [0.717, 1.165) is 0 Å². The lowest BCUT2D eigenvalue weighted by Gasteiger charge is -1.98. The molecule has 3 rings (SSSR count). The van der Waals surface area contributed by atoms with Gasteiger partial charge in [0, 0.05) is 10.4 Å². The van der Waals surface area contributed by atoms with Gasteiger partial charge in [-0.25, -0.2) is 8.42 Å². The number of aromatic nitrogens is 1. The fraction of sp³-hybridized carbons (Fsp3) is 0.333. The van der Waals surface area contributed by atoms with Crippen molar-refractivity contribution in [2.75, 3.05) is 11.5 Å². The van der Waals surface area contributed by atoms with Crippen molar-refractivity contribution in [3.63, 3.8) is 0 Å². The highest BCUT2D eigenvalue weighted by Crippen LogP contribution is 2.40. The van der Waals surface area contributed by atoms with Crippen LogP contribution in [0.5, 0.6) is 5.88 Å². The van der Waals surface area contributed by atoms with Crippen LogP contribution in [0.2, 0.25) is 10.0 Å². The molecule has 1 saturated heterocycles. The van der Waals surface area contributed by atoms with E-state index in [-0.39, 0.29) is 29.1 Å². The molecule has 1 aliphatic heterocycles. The molecule has 1 fully saturated rings. The normalized spacial score (nSPS) is 21.5. The van der Waals surface area contributed by atoms with Crippen molar-refractivity contribution in [2.45, 2.75) is 12.5 Å². The van der Waals surface area contributed by atoms with E-state index in [1.165, 1.54) is 0 Å². The highest BCUT2D eigenvalue weighted by atomic mass is 35.5. The number of H-pyrrole nitrogens is 1. The monoisotopic (exact) mass is 347 g/mol. The molecule has 1 unspecified atom stereocenters. The molecule has 0 spiro atoms. The van der Waals surface area contributed by atoms with E-state index in [2.05, 4.69) is 15.2 Å². The molecule has 1 aliphatic rings. The molecule has 0 amide bonds. The molecule has 1 aromatic heterocycles. The van der Waals surface area contributed by atoms with Crippen LogP contribution in [0.25, 0.3) is 10.9 Å². The number of aromatic hydroxyl groups is 1. The number of nitrogens with one attached hydrogen (secondary N) is 1. The van der Waals surface area contributed by atoms with Crippen LogP contribution in [0.4, 0.5) is 5.69 Å². The quantitative estimate of drug-likeness (QED) is 0.814. The second kappa shape index (κ2) is 5.15. The van der Waals surface area contributed by atoms with E-state index in [0.29, 0.717) is 27.4 Å². The minimum Gasteiger partial charge on any atom is -0.493 e. The van der Waals surface area contributed by atoms with Crippen molar-refractivity contribution < 1.29 is 13.5 Å². The number of sulfone groups is 1. The summed E-state index contributed by atoms with van der Waals surface area (Å²) in [6.07, 6.45) is 0.441. The number of hydrogen-bond acceptors (Lipinski definition) is 5. The maximum Gasteiger partial charge on any atom is 0.218 e. The zero-order chi connectivity index (χ0) is 15.2. The van der Waals surface area contributed by atoms with Crippen LogP contribution in [0.15, 0.2) is 22.4 Å². The fourth-order valence-electron chi connectivity index (χ4n) is 2.30. The first-order chi connectivity index (χ1) is 9.85. The molecular weight excluding hydrogens is 337 g/mol. The highest BCUT2D eigenvalue weighted by Gasteiger charge is 2.28. The zero-order valence-corrected chi connectivity index (χ0v) is 13.0. The SMILES string of the molecule is O=S1(=O)CCC(N=Nc2c(O)[nH]c3c(Cl)cc(Cl)cc23)C1. The Balaban J connectivity index is 1.99. The maximum atomic E-state index is 11.4. The van der Waals surface area contributed by atoms with Crippen LogP contribution in [-0.2, 0) is 9.84 Å². The van der Waals surface area contributed by atoms with Crippen molar-refractivity contribution in [3.8, 4) is 5.88 Å². The third kappa shape index (κ3) is 2.86. The number of hydrogen-bond donors (Lipinski definition) is 2. The predicted octanol–water partition coefficient (Wildman–Crippen LogP) is 3.45. The average molecular weight is 348 g/mol. The Kier molecular flexibility index (Phi) is 3.59. The van der Waals surface area contributed by atoms with Crippen molar-refractivity contribution in [1.82, 2.24) is 4.98 Å². The minimum atomic E-state index is -3.02. The van der Waals surface area contributed by atoms with Gasteiger partial charge < -0.3 is 10.1 Å². The number of aromatic amines is 1. The highest BCUT2D eigenvalue weighted by molar-refractivity contribution is 7.91. The van der Waals surface area contributed by atoms with Gasteiger partial charge in [-0.15, -0.1) is 5.11 Å².